The van der Waals surface area contributed by atoms with Crippen molar-refractivity contribution in [2.24, 2.45) is 0 Å². The van der Waals surface area contributed by atoms with Crippen LogP contribution >= 0.6 is 0 Å². The van der Waals surface area contributed by atoms with Gasteiger partial charge in [0.2, 0.25) is 0 Å². The first kappa shape index (κ1) is 21.4. The third kappa shape index (κ3) is 4.93. The number of carbonyl (C=O) groups excluding carboxylic acids is 1. The first-order valence-corrected chi connectivity index (χ1v) is 11.6. The van der Waals surface area contributed by atoms with Crippen LogP contribution in [0.15, 0.2) is 24.3 Å². The van der Waals surface area contributed by atoms with Gasteiger partial charge in [0.05, 0.1) is 0 Å². The van der Waals surface area contributed by atoms with Crippen LogP contribution in [0.25, 0.3) is 0 Å². The Labute approximate surface area is 181 Å². The van der Waals surface area contributed by atoms with Gasteiger partial charge >= 0.3 is 16.4 Å². The Morgan fingerprint density at radius 1 is 1.32 bits per heavy atom. The molecular formula is C20H27N5O5S. The van der Waals surface area contributed by atoms with Crippen LogP contribution in [-0.4, -0.2) is 48.2 Å². The third-order valence-electron chi connectivity index (χ3n) is 5.40. The molecule has 1 aliphatic carbocycles. The van der Waals surface area contributed by atoms with Crippen LogP contribution in [0, 0.1) is 0 Å². The second kappa shape index (κ2) is 8.39. The number of alkyl carbamates (subject to hydrolysis) is 1. The highest BCUT2D eigenvalue weighted by Crippen LogP contribution is 2.36. The third-order valence-corrected chi connectivity index (χ3v) is 6.69. The number of ether oxygens (including phenoxy) is 1. The topological polar surface area (TPSA) is 126 Å². The fourth-order valence-electron chi connectivity index (χ4n) is 3.87. The molecule has 1 aromatic heterocycles. The average molecular weight is 450 g/mol. The average Bonchev–Trinajstić information content (AvgIpc) is 3.31. The van der Waals surface area contributed by atoms with Crippen LogP contribution < -0.4 is 14.8 Å². The van der Waals surface area contributed by atoms with E-state index in [1.807, 2.05) is 26.0 Å². The molecule has 2 aromatic rings. The Kier molecular flexibility index (Phi) is 5.80. The number of H-pyrrole nitrogens is 1. The summed E-state index contributed by atoms with van der Waals surface area (Å²) in [5, 5.41) is 13.4. The van der Waals surface area contributed by atoms with Gasteiger partial charge in [-0.25, -0.2) is 4.79 Å². The number of nitrogens with one attached hydrogen (secondary N) is 3. The Morgan fingerprint density at radius 3 is 2.90 bits per heavy atom. The Morgan fingerprint density at radius 2 is 2.13 bits per heavy atom. The molecule has 1 amide bonds. The van der Waals surface area contributed by atoms with Crippen molar-refractivity contribution in [3.63, 3.8) is 0 Å². The zero-order valence-corrected chi connectivity index (χ0v) is 18.5. The van der Waals surface area contributed by atoms with E-state index < -0.39 is 10.3 Å². The Bertz CT molecular complexity index is 1070. The highest BCUT2D eigenvalue weighted by atomic mass is 32.2. The molecule has 0 saturated heterocycles. The molecule has 31 heavy (non-hydrogen) atoms. The molecular weight excluding hydrogens is 422 g/mol. The fraction of sp³-hybridized carbons (Fsp3) is 0.500. The molecule has 10 nitrogen and oxygen atoms in total. The minimum atomic E-state index is -3.71. The predicted molar refractivity (Wildman–Crippen MR) is 114 cm³/mol. The zero-order valence-electron chi connectivity index (χ0n) is 17.7. The van der Waals surface area contributed by atoms with Crippen molar-refractivity contribution in [3.8, 4) is 5.75 Å². The Balaban J connectivity index is 1.37. The van der Waals surface area contributed by atoms with Crippen molar-refractivity contribution < 1.29 is 22.1 Å². The maximum Gasteiger partial charge on any atom is 0.407 e. The van der Waals surface area contributed by atoms with E-state index in [0.717, 1.165) is 40.5 Å². The van der Waals surface area contributed by atoms with E-state index in [-0.39, 0.29) is 30.7 Å². The molecule has 1 fully saturated rings. The van der Waals surface area contributed by atoms with Crippen molar-refractivity contribution in [1.29, 1.82) is 0 Å². The van der Waals surface area contributed by atoms with Gasteiger partial charge in [0.15, 0.2) is 5.82 Å². The summed E-state index contributed by atoms with van der Waals surface area (Å²) in [4.78, 5) is 11.8. The van der Waals surface area contributed by atoms with Gasteiger partial charge in [-0.3, -0.25) is 5.10 Å². The molecule has 1 aromatic carbocycles. The van der Waals surface area contributed by atoms with Gasteiger partial charge in [-0.2, -0.15) is 17.8 Å². The molecule has 0 bridgehead atoms. The van der Waals surface area contributed by atoms with Gasteiger partial charge in [0.1, 0.15) is 11.9 Å². The Hall–Kier alpha value is -2.79. The van der Waals surface area contributed by atoms with Gasteiger partial charge < -0.3 is 19.6 Å². The molecule has 0 unspecified atom stereocenters. The zero-order chi connectivity index (χ0) is 22.2. The number of amides is 1. The van der Waals surface area contributed by atoms with Gasteiger partial charge in [-0.15, -0.1) is 0 Å². The van der Waals surface area contributed by atoms with Crippen molar-refractivity contribution in [1.82, 2.24) is 19.8 Å². The van der Waals surface area contributed by atoms with Gasteiger partial charge in [-0.1, -0.05) is 0 Å². The lowest BCUT2D eigenvalue weighted by Crippen LogP contribution is -2.34. The van der Waals surface area contributed by atoms with E-state index in [1.54, 1.807) is 12.1 Å². The predicted octanol–water partition coefficient (Wildman–Crippen LogP) is 2.99. The molecule has 2 aliphatic rings. The number of benzene rings is 1. The number of hydrogen-bond acceptors (Lipinski definition) is 7. The lowest BCUT2D eigenvalue weighted by atomic mass is 10.0. The number of fused-ring (bicyclic) bond motifs is 1. The van der Waals surface area contributed by atoms with E-state index in [9.17, 15) is 13.2 Å². The lowest BCUT2D eigenvalue weighted by molar-refractivity contribution is 0.0981. The maximum atomic E-state index is 11.8. The first-order valence-electron chi connectivity index (χ1n) is 10.3. The number of aromatic nitrogens is 2. The quantitative estimate of drug-likeness (QED) is 0.641. The number of hydrogen-bond donors (Lipinski definition) is 3. The van der Waals surface area contributed by atoms with Crippen LogP contribution in [0.1, 0.15) is 50.3 Å². The van der Waals surface area contributed by atoms with Gasteiger partial charge in [0, 0.05) is 48.6 Å². The number of rotatable bonds is 5. The van der Waals surface area contributed by atoms with E-state index in [2.05, 4.69) is 20.8 Å². The molecule has 0 spiro atoms. The highest BCUT2D eigenvalue weighted by Gasteiger charge is 2.30. The standard InChI is InChI=1S/C20H27N5O5S/c1-12(2)21-20(26)29-16-6-4-13(9-16)17-10-19(24-23-17)22-15-5-7-18-14(8-15)11-25(3)31(27,28)30-18/h5,7-8,10,12-13,16H,4,6,9,11H2,1-3H3,(H,21,26)(H2,22,23,24)/t13-,16+/m0/s1. The first-order chi connectivity index (χ1) is 14.7. The molecule has 0 radical (unpaired) electrons. The van der Waals surface area contributed by atoms with Crippen molar-refractivity contribution in [3.05, 3.63) is 35.5 Å². The fourth-order valence-corrected chi connectivity index (χ4v) is 4.68. The summed E-state index contributed by atoms with van der Waals surface area (Å²) < 4.78 is 35.4. The molecule has 1 aliphatic heterocycles. The number of carbonyl (C=O) groups is 1. The monoisotopic (exact) mass is 449 g/mol. The summed E-state index contributed by atoms with van der Waals surface area (Å²) in [5.41, 5.74) is 2.55. The van der Waals surface area contributed by atoms with E-state index in [4.69, 9.17) is 8.92 Å². The summed E-state index contributed by atoms with van der Waals surface area (Å²) in [6, 6.07) is 7.23. The lowest BCUT2D eigenvalue weighted by Gasteiger charge is -2.24. The summed E-state index contributed by atoms with van der Waals surface area (Å²) >= 11 is 0. The molecule has 3 N–H and O–H groups in total. The maximum absolute atomic E-state index is 11.8. The van der Waals surface area contributed by atoms with E-state index in [0.29, 0.717) is 11.6 Å². The summed E-state index contributed by atoms with van der Waals surface area (Å²) in [6.45, 7) is 4.04. The van der Waals surface area contributed by atoms with Crippen molar-refractivity contribution in [2.75, 3.05) is 12.4 Å². The minimum absolute atomic E-state index is 0.0471. The minimum Gasteiger partial charge on any atom is -0.446 e. The van der Waals surface area contributed by atoms with Crippen LogP contribution in [0.4, 0.5) is 16.3 Å². The summed E-state index contributed by atoms with van der Waals surface area (Å²) in [7, 11) is -2.24. The van der Waals surface area contributed by atoms with Crippen molar-refractivity contribution in [2.45, 2.75) is 57.7 Å². The van der Waals surface area contributed by atoms with Crippen LogP contribution in [-0.2, 0) is 21.6 Å². The SMILES string of the molecule is CC(C)NC(=O)O[C@@H]1CC[C@H](c2cc(Nc3ccc4c(c3)CN(C)S(=O)(=O)O4)n[nH]2)C1. The molecule has 11 heteroatoms. The summed E-state index contributed by atoms with van der Waals surface area (Å²) in [5.74, 6) is 1.25. The second-order valence-electron chi connectivity index (χ2n) is 8.29. The van der Waals surface area contributed by atoms with E-state index >= 15 is 0 Å². The number of anilines is 2. The van der Waals surface area contributed by atoms with Crippen LogP contribution in [0.2, 0.25) is 0 Å². The largest absolute Gasteiger partial charge is 0.446 e. The normalized spacial score (nSPS) is 22.6. The second-order valence-corrected chi connectivity index (χ2v) is 9.93. The van der Waals surface area contributed by atoms with Crippen LogP contribution in [0.3, 0.4) is 0 Å². The van der Waals surface area contributed by atoms with E-state index in [1.165, 1.54) is 7.05 Å². The molecule has 1 saturated carbocycles. The van der Waals surface area contributed by atoms with Gasteiger partial charge in [-0.05, 0) is 51.3 Å². The van der Waals surface area contributed by atoms with Crippen molar-refractivity contribution >= 4 is 27.9 Å². The molecule has 4 rings (SSSR count). The number of aromatic amines is 1. The summed E-state index contributed by atoms with van der Waals surface area (Å²) in [6.07, 6.45) is 2.02. The number of nitrogens with zero attached hydrogens (tertiary/aromatic N) is 2. The highest BCUT2D eigenvalue weighted by molar-refractivity contribution is 7.84. The molecule has 2 atom stereocenters. The molecule has 168 valence electrons. The van der Waals surface area contributed by atoms with Crippen LogP contribution in [0.5, 0.6) is 5.75 Å². The smallest absolute Gasteiger partial charge is 0.407 e. The van der Waals surface area contributed by atoms with Gasteiger partial charge in [0.25, 0.3) is 0 Å². The molecule has 2 heterocycles.